The van der Waals surface area contributed by atoms with Crippen molar-refractivity contribution < 1.29 is 22.7 Å². The molecular weight excluding hydrogens is 562 g/mol. The zero-order valence-corrected chi connectivity index (χ0v) is 25.2. The average Bonchev–Trinajstić information content (AvgIpc) is 3.05. The van der Waals surface area contributed by atoms with Crippen LogP contribution in [0.25, 0.3) is 0 Å². The van der Waals surface area contributed by atoms with E-state index in [0.29, 0.717) is 12.3 Å². The van der Waals surface area contributed by atoms with E-state index in [1.54, 1.807) is 42.5 Å². The molecule has 1 N–H and O–H groups in total. The van der Waals surface area contributed by atoms with Crippen molar-refractivity contribution in [2.24, 2.45) is 0 Å². The van der Waals surface area contributed by atoms with Gasteiger partial charge in [0.15, 0.2) is 0 Å². The van der Waals surface area contributed by atoms with E-state index in [0.717, 1.165) is 21.9 Å². The summed E-state index contributed by atoms with van der Waals surface area (Å²) in [6, 6.07) is 32.5. The van der Waals surface area contributed by atoms with Crippen molar-refractivity contribution in [3.63, 3.8) is 0 Å². The third-order valence-corrected chi connectivity index (χ3v) is 8.76. The molecule has 0 aliphatic rings. The van der Waals surface area contributed by atoms with Crippen LogP contribution in [0.3, 0.4) is 0 Å². The van der Waals surface area contributed by atoms with E-state index in [2.05, 4.69) is 5.32 Å². The number of sulfonamides is 1. The second-order valence-electron chi connectivity index (χ2n) is 10.0. The molecule has 0 aliphatic heterocycles. The Morgan fingerprint density at radius 1 is 0.814 bits per heavy atom. The molecule has 4 rings (SSSR count). The van der Waals surface area contributed by atoms with Gasteiger partial charge in [-0.05, 0) is 41.8 Å². The van der Waals surface area contributed by atoms with Crippen molar-refractivity contribution in [1.82, 2.24) is 10.2 Å². The number of nitrogens with one attached hydrogen (secondary N) is 1. The molecule has 4 aromatic rings. The summed E-state index contributed by atoms with van der Waals surface area (Å²) in [7, 11) is -2.68. The maximum atomic E-state index is 14.4. The molecular formula is C34H37N3O5S. The van der Waals surface area contributed by atoms with Gasteiger partial charge >= 0.3 is 0 Å². The number of ether oxygens (including phenoxy) is 1. The number of rotatable bonds is 14. The number of carbonyl (C=O) groups excluding carboxylic acids is 2. The van der Waals surface area contributed by atoms with Crippen LogP contribution in [0.1, 0.15) is 24.5 Å². The van der Waals surface area contributed by atoms with Gasteiger partial charge in [0, 0.05) is 25.6 Å². The normalized spacial score (nSPS) is 11.8. The molecule has 0 aliphatic carbocycles. The summed E-state index contributed by atoms with van der Waals surface area (Å²) in [4.78, 5) is 29.6. The number of hydrogen-bond acceptors (Lipinski definition) is 5. The van der Waals surface area contributed by atoms with Gasteiger partial charge in [0.05, 0.1) is 17.7 Å². The van der Waals surface area contributed by atoms with Gasteiger partial charge in [0.1, 0.15) is 18.3 Å². The van der Waals surface area contributed by atoms with E-state index in [1.807, 2.05) is 67.6 Å². The Morgan fingerprint density at radius 2 is 1.42 bits per heavy atom. The Morgan fingerprint density at radius 3 is 2.02 bits per heavy atom. The fourth-order valence-electron chi connectivity index (χ4n) is 4.71. The summed E-state index contributed by atoms with van der Waals surface area (Å²) in [6.07, 6.45) is 0.995. The Bertz CT molecular complexity index is 1580. The summed E-state index contributed by atoms with van der Waals surface area (Å²) in [5.41, 5.74) is 1.97. The van der Waals surface area contributed by atoms with Crippen molar-refractivity contribution in [3.05, 3.63) is 126 Å². The van der Waals surface area contributed by atoms with E-state index in [-0.39, 0.29) is 29.5 Å². The Balaban J connectivity index is 1.78. The van der Waals surface area contributed by atoms with E-state index >= 15 is 0 Å². The van der Waals surface area contributed by atoms with Gasteiger partial charge in [-0.15, -0.1) is 0 Å². The Labute approximate surface area is 254 Å². The second-order valence-corrected chi connectivity index (χ2v) is 11.9. The first-order chi connectivity index (χ1) is 20.8. The fourth-order valence-corrected chi connectivity index (χ4v) is 6.14. The number of hydrogen-bond donors (Lipinski definition) is 1. The third-order valence-electron chi connectivity index (χ3n) is 6.97. The lowest BCUT2D eigenvalue weighted by Gasteiger charge is -2.34. The quantitative estimate of drug-likeness (QED) is 0.219. The molecule has 1 unspecified atom stereocenters. The topological polar surface area (TPSA) is 96.0 Å². The lowest BCUT2D eigenvalue weighted by atomic mass is 10.0. The van der Waals surface area contributed by atoms with Crippen LogP contribution in [0.4, 0.5) is 5.69 Å². The molecule has 0 radical (unpaired) electrons. The van der Waals surface area contributed by atoms with Crippen LogP contribution in [-0.4, -0.2) is 51.4 Å². The summed E-state index contributed by atoms with van der Waals surface area (Å²) < 4.78 is 34.5. The molecule has 43 heavy (non-hydrogen) atoms. The first-order valence-electron chi connectivity index (χ1n) is 14.2. The predicted molar refractivity (Wildman–Crippen MR) is 168 cm³/mol. The minimum Gasteiger partial charge on any atom is -0.497 e. The molecule has 8 nitrogen and oxygen atoms in total. The smallest absolute Gasteiger partial charge is 0.264 e. The van der Waals surface area contributed by atoms with Crippen molar-refractivity contribution in [2.45, 2.75) is 37.2 Å². The lowest BCUT2D eigenvalue weighted by Crippen LogP contribution is -2.53. The molecule has 1 atom stereocenters. The number of amides is 2. The van der Waals surface area contributed by atoms with Gasteiger partial charge in [-0.1, -0.05) is 91.9 Å². The first-order valence-corrected chi connectivity index (χ1v) is 15.6. The van der Waals surface area contributed by atoms with Gasteiger partial charge in [0.25, 0.3) is 10.0 Å². The second kappa shape index (κ2) is 15.0. The molecule has 4 aromatic carbocycles. The molecule has 0 saturated carbocycles. The SMILES string of the molecule is CCCNC(=O)C(Cc1ccccc1)N(Cc1ccccc1)C(=O)CN(c1cccc(OC)c1)S(=O)(=O)c1ccccc1. The molecule has 0 fully saturated rings. The van der Waals surface area contributed by atoms with Crippen LogP contribution in [-0.2, 0) is 32.6 Å². The molecule has 0 heterocycles. The van der Waals surface area contributed by atoms with Gasteiger partial charge in [0.2, 0.25) is 11.8 Å². The molecule has 9 heteroatoms. The minimum atomic E-state index is -4.17. The Hall–Kier alpha value is -4.63. The minimum absolute atomic E-state index is 0.0433. The van der Waals surface area contributed by atoms with Crippen molar-refractivity contribution >= 4 is 27.5 Å². The standard InChI is InChI=1S/C34H37N3O5S/c1-3-22-35-34(39)32(23-27-14-7-4-8-15-27)36(25-28-16-9-5-10-17-28)33(38)26-37(29-18-13-19-30(24-29)42-2)43(40,41)31-20-11-6-12-21-31/h4-21,24,32H,3,22-23,25-26H2,1-2H3,(H,35,39). The van der Waals surface area contributed by atoms with Crippen molar-refractivity contribution in [2.75, 3.05) is 24.5 Å². The molecule has 0 spiro atoms. The highest BCUT2D eigenvalue weighted by molar-refractivity contribution is 7.92. The van der Waals surface area contributed by atoms with Crippen molar-refractivity contribution in [1.29, 1.82) is 0 Å². The zero-order valence-electron chi connectivity index (χ0n) is 24.4. The maximum absolute atomic E-state index is 14.4. The molecule has 0 aromatic heterocycles. The molecule has 0 saturated heterocycles. The molecule has 0 bridgehead atoms. The van der Waals surface area contributed by atoms with Gasteiger partial charge in [-0.3, -0.25) is 13.9 Å². The van der Waals surface area contributed by atoms with E-state index in [4.69, 9.17) is 4.74 Å². The zero-order chi connectivity index (χ0) is 30.7. The van der Waals surface area contributed by atoms with Crippen LogP contribution in [0, 0.1) is 0 Å². The van der Waals surface area contributed by atoms with Crippen LogP contribution in [0.5, 0.6) is 5.75 Å². The highest BCUT2D eigenvalue weighted by Gasteiger charge is 2.34. The van der Waals surface area contributed by atoms with Crippen LogP contribution in [0.2, 0.25) is 0 Å². The molecule has 224 valence electrons. The number of nitrogens with zero attached hydrogens (tertiary/aromatic N) is 2. The summed E-state index contributed by atoms with van der Waals surface area (Å²) in [6.45, 7) is 2.01. The number of carbonyl (C=O) groups is 2. The van der Waals surface area contributed by atoms with Crippen molar-refractivity contribution in [3.8, 4) is 5.75 Å². The first kappa shape index (κ1) is 31.3. The van der Waals surface area contributed by atoms with Gasteiger partial charge < -0.3 is 15.0 Å². The summed E-state index contributed by atoms with van der Waals surface area (Å²) >= 11 is 0. The monoisotopic (exact) mass is 599 g/mol. The summed E-state index contributed by atoms with van der Waals surface area (Å²) in [5, 5.41) is 2.95. The maximum Gasteiger partial charge on any atom is 0.264 e. The highest BCUT2D eigenvalue weighted by atomic mass is 32.2. The van der Waals surface area contributed by atoms with E-state index in [1.165, 1.54) is 24.1 Å². The van der Waals surface area contributed by atoms with Crippen LogP contribution in [0.15, 0.2) is 120 Å². The van der Waals surface area contributed by atoms with Crippen LogP contribution < -0.4 is 14.4 Å². The average molecular weight is 600 g/mol. The molecule has 2 amide bonds. The number of anilines is 1. The number of methoxy groups -OCH3 is 1. The van der Waals surface area contributed by atoms with Gasteiger partial charge in [-0.2, -0.15) is 0 Å². The fraction of sp³-hybridized carbons (Fsp3) is 0.235. The number of benzene rings is 4. The predicted octanol–water partition coefficient (Wildman–Crippen LogP) is 5.06. The van der Waals surface area contributed by atoms with E-state index in [9.17, 15) is 18.0 Å². The Kier molecular flexibility index (Phi) is 10.9. The van der Waals surface area contributed by atoms with E-state index < -0.39 is 28.5 Å². The van der Waals surface area contributed by atoms with Gasteiger partial charge in [-0.25, -0.2) is 8.42 Å². The summed E-state index contributed by atoms with van der Waals surface area (Å²) in [5.74, 6) is -0.368. The van der Waals surface area contributed by atoms with Crippen LogP contribution >= 0.6 is 0 Å². The lowest BCUT2D eigenvalue weighted by molar-refractivity contribution is -0.140. The largest absolute Gasteiger partial charge is 0.497 e. The third kappa shape index (κ3) is 8.23. The highest BCUT2D eigenvalue weighted by Crippen LogP contribution is 2.28.